The van der Waals surface area contributed by atoms with Gasteiger partial charge in [-0.25, -0.2) is 4.31 Å². The SMILES string of the molecule is O=S1(=O)N=C(OCC2CCCCC2)c2ccccc2N1Cc1ccc(Cl)c(Cl)c1. The quantitative estimate of drug-likeness (QED) is 0.606. The van der Waals surface area contributed by atoms with Gasteiger partial charge in [-0.15, -0.1) is 4.40 Å². The first kappa shape index (κ1) is 20.5. The Hall–Kier alpha value is -1.76. The highest BCUT2D eigenvalue weighted by Gasteiger charge is 2.32. The lowest BCUT2D eigenvalue weighted by atomic mass is 9.90. The van der Waals surface area contributed by atoms with Crippen LogP contribution in [0.15, 0.2) is 46.9 Å². The molecule has 4 rings (SSSR count). The first-order valence-electron chi connectivity index (χ1n) is 9.73. The normalized spacial score (nSPS) is 18.8. The highest BCUT2D eigenvalue weighted by Crippen LogP contribution is 2.33. The van der Waals surface area contributed by atoms with Crippen molar-refractivity contribution in [3.63, 3.8) is 0 Å². The fourth-order valence-corrected chi connectivity index (χ4v) is 5.32. The van der Waals surface area contributed by atoms with Gasteiger partial charge in [0.2, 0.25) is 5.90 Å². The van der Waals surface area contributed by atoms with Crippen molar-refractivity contribution < 1.29 is 13.2 Å². The van der Waals surface area contributed by atoms with E-state index in [-0.39, 0.29) is 12.4 Å². The van der Waals surface area contributed by atoms with Crippen LogP contribution in [0.25, 0.3) is 0 Å². The summed E-state index contributed by atoms with van der Waals surface area (Å²) in [5.41, 5.74) is 1.95. The Kier molecular flexibility index (Phi) is 6.04. The third kappa shape index (κ3) is 4.55. The number of para-hydroxylation sites is 1. The topological polar surface area (TPSA) is 59.0 Å². The molecule has 0 aromatic heterocycles. The Labute approximate surface area is 181 Å². The van der Waals surface area contributed by atoms with Crippen molar-refractivity contribution in [1.29, 1.82) is 0 Å². The first-order chi connectivity index (χ1) is 13.9. The van der Waals surface area contributed by atoms with Crippen molar-refractivity contribution in [2.45, 2.75) is 38.6 Å². The smallest absolute Gasteiger partial charge is 0.348 e. The van der Waals surface area contributed by atoms with Crippen LogP contribution in [-0.4, -0.2) is 20.9 Å². The van der Waals surface area contributed by atoms with Crippen LogP contribution in [0.4, 0.5) is 5.69 Å². The second-order valence-corrected chi connectivity index (χ2v) is 9.79. The predicted octanol–water partition coefficient (Wildman–Crippen LogP) is 5.60. The molecule has 5 nitrogen and oxygen atoms in total. The van der Waals surface area contributed by atoms with Crippen LogP contribution >= 0.6 is 23.2 Å². The summed E-state index contributed by atoms with van der Waals surface area (Å²) < 4.78 is 37.1. The van der Waals surface area contributed by atoms with Crippen molar-refractivity contribution >= 4 is 45.0 Å². The second kappa shape index (κ2) is 8.54. The van der Waals surface area contributed by atoms with Gasteiger partial charge in [0.25, 0.3) is 0 Å². The Balaban J connectivity index is 1.61. The fraction of sp³-hybridized carbons (Fsp3) is 0.381. The lowest BCUT2D eigenvalue weighted by molar-refractivity contribution is 0.200. The molecule has 1 aliphatic carbocycles. The lowest BCUT2D eigenvalue weighted by Gasteiger charge is -2.29. The summed E-state index contributed by atoms with van der Waals surface area (Å²) in [7, 11) is -3.94. The summed E-state index contributed by atoms with van der Waals surface area (Å²) in [6, 6.07) is 12.3. The molecule has 0 radical (unpaired) electrons. The molecule has 1 heterocycles. The maximum Gasteiger partial charge on any atom is 0.348 e. The van der Waals surface area contributed by atoms with E-state index in [0.29, 0.717) is 33.8 Å². The van der Waals surface area contributed by atoms with Gasteiger partial charge >= 0.3 is 10.2 Å². The Morgan fingerprint density at radius 2 is 1.79 bits per heavy atom. The predicted molar refractivity (Wildman–Crippen MR) is 117 cm³/mol. The Morgan fingerprint density at radius 3 is 2.55 bits per heavy atom. The molecule has 2 aromatic carbocycles. The molecular formula is C21H22Cl2N2O3S. The van der Waals surface area contributed by atoms with Gasteiger partial charge in [-0.3, -0.25) is 0 Å². The molecule has 0 bridgehead atoms. The van der Waals surface area contributed by atoms with E-state index < -0.39 is 10.2 Å². The molecule has 8 heteroatoms. The van der Waals surface area contributed by atoms with Crippen molar-refractivity contribution in [1.82, 2.24) is 0 Å². The van der Waals surface area contributed by atoms with E-state index in [1.807, 2.05) is 12.1 Å². The minimum atomic E-state index is -3.94. The van der Waals surface area contributed by atoms with Crippen LogP contribution in [0, 0.1) is 5.92 Å². The number of halogens is 2. The zero-order valence-corrected chi connectivity index (χ0v) is 18.2. The molecule has 0 atom stereocenters. The van der Waals surface area contributed by atoms with E-state index >= 15 is 0 Å². The number of ether oxygens (including phenoxy) is 1. The fourth-order valence-electron chi connectivity index (χ4n) is 3.82. The highest BCUT2D eigenvalue weighted by molar-refractivity contribution is 7.91. The van der Waals surface area contributed by atoms with Gasteiger partial charge in [0, 0.05) is 0 Å². The molecule has 2 aliphatic rings. The van der Waals surface area contributed by atoms with Crippen molar-refractivity contribution in [3.8, 4) is 0 Å². The minimum absolute atomic E-state index is 0.107. The first-order valence-corrected chi connectivity index (χ1v) is 11.9. The highest BCUT2D eigenvalue weighted by atomic mass is 35.5. The Bertz CT molecular complexity index is 1030. The maximum atomic E-state index is 13.0. The number of anilines is 1. The average molecular weight is 453 g/mol. The average Bonchev–Trinajstić information content (AvgIpc) is 2.72. The number of fused-ring (bicyclic) bond motifs is 1. The van der Waals surface area contributed by atoms with Crippen LogP contribution in [0.2, 0.25) is 10.0 Å². The number of hydrogen-bond acceptors (Lipinski definition) is 3. The zero-order valence-electron chi connectivity index (χ0n) is 15.9. The molecule has 154 valence electrons. The molecule has 0 amide bonds. The molecule has 0 saturated heterocycles. The summed E-state index contributed by atoms with van der Waals surface area (Å²) >= 11 is 12.1. The standard InChI is InChI=1S/C21H22Cl2N2O3S/c22-18-11-10-16(12-19(18)23)13-25-20-9-5-4-8-17(20)21(24-29(25,26)27)28-14-15-6-2-1-3-7-15/h4-5,8-12,15H,1-3,6-7,13-14H2. The number of nitrogens with zero attached hydrogens (tertiary/aromatic N) is 2. The molecule has 0 spiro atoms. The van der Waals surface area contributed by atoms with E-state index in [1.165, 1.54) is 23.6 Å². The summed E-state index contributed by atoms with van der Waals surface area (Å²) in [4.78, 5) is 0. The summed E-state index contributed by atoms with van der Waals surface area (Å²) in [6.07, 6.45) is 5.90. The van der Waals surface area contributed by atoms with Crippen LogP contribution in [0.1, 0.15) is 43.2 Å². The summed E-state index contributed by atoms with van der Waals surface area (Å²) in [5.74, 6) is 0.632. The van der Waals surface area contributed by atoms with Crippen LogP contribution in [0.3, 0.4) is 0 Å². The van der Waals surface area contributed by atoms with Gasteiger partial charge in [-0.05, 0) is 48.6 Å². The van der Waals surface area contributed by atoms with E-state index in [0.717, 1.165) is 18.4 Å². The Morgan fingerprint density at radius 1 is 1.03 bits per heavy atom. The number of hydrogen-bond donors (Lipinski definition) is 0. The molecule has 0 N–H and O–H groups in total. The van der Waals surface area contributed by atoms with Crippen molar-refractivity contribution in [3.05, 3.63) is 63.6 Å². The molecule has 1 saturated carbocycles. The van der Waals surface area contributed by atoms with E-state index in [4.69, 9.17) is 27.9 Å². The van der Waals surface area contributed by atoms with Crippen LogP contribution in [-0.2, 0) is 21.5 Å². The molecular weight excluding hydrogens is 431 g/mol. The van der Waals surface area contributed by atoms with E-state index in [9.17, 15) is 8.42 Å². The largest absolute Gasteiger partial charge is 0.476 e. The van der Waals surface area contributed by atoms with Crippen molar-refractivity contribution in [2.75, 3.05) is 10.9 Å². The lowest BCUT2D eigenvalue weighted by Crippen LogP contribution is -2.35. The second-order valence-electron chi connectivity index (χ2n) is 7.46. The van der Waals surface area contributed by atoms with Crippen molar-refractivity contribution in [2.24, 2.45) is 10.3 Å². The minimum Gasteiger partial charge on any atom is -0.476 e. The molecule has 1 aliphatic heterocycles. The maximum absolute atomic E-state index is 13.0. The molecule has 1 fully saturated rings. The number of rotatable bonds is 4. The van der Waals surface area contributed by atoms with Crippen LogP contribution in [0.5, 0.6) is 0 Å². The van der Waals surface area contributed by atoms with Gasteiger partial charge in [0.1, 0.15) is 0 Å². The molecule has 2 aromatic rings. The molecule has 0 unspecified atom stereocenters. The van der Waals surface area contributed by atoms with E-state index in [1.54, 1.807) is 30.3 Å². The van der Waals surface area contributed by atoms with Gasteiger partial charge in [-0.2, -0.15) is 8.42 Å². The third-order valence-corrected chi connectivity index (χ3v) is 7.39. The van der Waals surface area contributed by atoms with Gasteiger partial charge in [0.05, 0.1) is 34.4 Å². The summed E-state index contributed by atoms with van der Waals surface area (Å²) in [6.45, 7) is 0.602. The van der Waals surface area contributed by atoms with Gasteiger partial charge in [0.15, 0.2) is 0 Å². The van der Waals surface area contributed by atoms with E-state index in [2.05, 4.69) is 4.40 Å². The zero-order chi connectivity index (χ0) is 20.4. The van der Waals surface area contributed by atoms with Crippen LogP contribution < -0.4 is 4.31 Å². The summed E-state index contributed by atoms with van der Waals surface area (Å²) in [5, 5.41) is 0.806. The van der Waals surface area contributed by atoms with Gasteiger partial charge in [-0.1, -0.05) is 60.7 Å². The third-order valence-electron chi connectivity index (χ3n) is 5.37. The van der Waals surface area contributed by atoms with Gasteiger partial charge < -0.3 is 4.74 Å². The molecule has 29 heavy (non-hydrogen) atoms. The number of benzene rings is 2. The monoisotopic (exact) mass is 452 g/mol.